The molecule has 1 heterocycles. The van der Waals surface area contributed by atoms with Crippen molar-refractivity contribution in [3.8, 4) is 0 Å². The van der Waals surface area contributed by atoms with Crippen LogP contribution in [0.25, 0.3) is 0 Å². The predicted octanol–water partition coefficient (Wildman–Crippen LogP) is 3.52. The first-order valence-electron chi connectivity index (χ1n) is 8.57. The number of hydrogen-bond donors (Lipinski definition) is 1. The van der Waals surface area contributed by atoms with Crippen LogP contribution in [0, 0.1) is 5.41 Å². The molecule has 2 atom stereocenters. The highest BCUT2D eigenvalue weighted by Crippen LogP contribution is 2.57. The van der Waals surface area contributed by atoms with Gasteiger partial charge in [0.05, 0.1) is 17.5 Å². The fourth-order valence-corrected chi connectivity index (χ4v) is 4.02. The van der Waals surface area contributed by atoms with Gasteiger partial charge in [0, 0.05) is 12.1 Å². The van der Waals surface area contributed by atoms with Crippen molar-refractivity contribution in [2.45, 2.75) is 58.2 Å². The Kier molecular flexibility index (Phi) is 3.85. The molecule has 130 valence electrons. The molecule has 5 heteroatoms. The summed E-state index contributed by atoms with van der Waals surface area (Å²) in [6.07, 6.45) is 0.628. The molecule has 0 bridgehead atoms. The smallest absolute Gasteiger partial charge is 0.408 e. The Bertz CT molecular complexity index is 646. The number of carbonyl (C=O) groups excluding carboxylic acids is 1. The molecule has 1 saturated carbocycles. The summed E-state index contributed by atoms with van der Waals surface area (Å²) in [5.74, 6) is 0.111. The predicted molar refractivity (Wildman–Crippen MR) is 91.6 cm³/mol. The Balaban J connectivity index is 1.92. The molecule has 24 heavy (non-hydrogen) atoms. The summed E-state index contributed by atoms with van der Waals surface area (Å²) in [6, 6.07) is 9.61. The first-order valence-corrected chi connectivity index (χ1v) is 8.57. The third kappa shape index (κ3) is 2.56. The van der Waals surface area contributed by atoms with Crippen LogP contribution in [0.5, 0.6) is 0 Å². The molecule has 1 aliphatic heterocycles. The van der Waals surface area contributed by atoms with Gasteiger partial charge in [-0.25, -0.2) is 4.79 Å². The summed E-state index contributed by atoms with van der Waals surface area (Å²) in [5, 5.41) is 9.75. The van der Waals surface area contributed by atoms with Gasteiger partial charge in [0.1, 0.15) is 0 Å². The largest absolute Gasteiger partial charge is 0.465 e. The van der Waals surface area contributed by atoms with Gasteiger partial charge < -0.3 is 10.0 Å². The highest BCUT2D eigenvalue weighted by atomic mass is 16.4. The lowest BCUT2D eigenvalue weighted by molar-refractivity contribution is -0.134. The molecular weight excluding hydrogens is 304 g/mol. The van der Waals surface area contributed by atoms with Crippen LogP contribution in [0.1, 0.15) is 52.1 Å². The van der Waals surface area contributed by atoms with Gasteiger partial charge in [0.15, 0.2) is 0 Å². The molecule has 1 unspecified atom stereocenters. The minimum absolute atomic E-state index is 0.0446. The molecule has 0 aromatic heterocycles. The SMILES string of the molecule is C[C@H](c1ccccc1)N1CC(N(C(=O)O)C(C)(C)C)C2(CC2)C1=O. The first-order chi connectivity index (χ1) is 11.2. The van der Waals surface area contributed by atoms with Crippen LogP contribution < -0.4 is 0 Å². The third-order valence-electron chi connectivity index (χ3n) is 5.47. The van der Waals surface area contributed by atoms with E-state index in [2.05, 4.69) is 0 Å². The van der Waals surface area contributed by atoms with Crippen molar-refractivity contribution in [2.75, 3.05) is 6.54 Å². The van der Waals surface area contributed by atoms with E-state index in [0.717, 1.165) is 18.4 Å². The number of rotatable bonds is 3. The molecule has 1 N–H and O–H groups in total. The minimum atomic E-state index is -0.944. The quantitative estimate of drug-likeness (QED) is 0.922. The van der Waals surface area contributed by atoms with Crippen LogP contribution in [-0.2, 0) is 4.79 Å². The number of carboxylic acid groups (broad SMARTS) is 1. The van der Waals surface area contributed by atoms with Crippen molar-refractivity contribution in [1.29, 1.82) is 0 Å². The normalized spacial score (nSPS) is 23.4. The van der Waals surface area contributed by atoms with Crippen molar-refractivity contribution in [1.82, 2.24) is 9.80 Å². The lowest BCUT2D eigenvalue weighted by atomic mass is 9.93. The van der Waals surface area contributed by atoms with Crippen molar-refractivity contribution in [2.24, 2.45) is 5.41 Å². The molecule has 1 aromatic rings. The summed E-state index contributed by atoms with van der Waals surface area (Å²) in [5.41, 5.74) is 0.0486. The number of carbonyl (C=O) groups is 2. The van der Waals surface area contributed by atoms with E-state index in [1.54, 1.807) is 0 Å². The summed E-state index contributed by atoms with van der Waals surface area (Å²) in [6.45, 7) is 8.17. The number of likely N-dealkylation sites (tertiary alicyclic amines) is 1. The van der Waals surface area contributed by atoms with E-state index in [1.807, 2.05) is 62.9 Å². The van der Waals surface area contributed by atoms with Gasteiger partial charge in [-0.15, -0.1) is 0 Å². The summed E-state index contributed by atoms with van der Waals surface area (Å²) >= 11 is 0. The molecule has 1 spiro atoms. The van der Waals surface area contributed by atoms with Crippen LogP contribution in [0.4, 0.5) is 4.79 Å². The second-order valence-corrected chi connectivity index (χ2v) is 8.04. The summed E-state index contributed by atoms with van der Waals surface area (Å²) < 4.78 is 0. The molecule has 1 saturated heterocycles. The maximum atomic E-state index is 13.1. The van der Waals surface area contributed by atoms with Crippen molar-refractivity contribution < 1.29 is 14.7 Å². The van der Waals surface area contributed by atoms with E-state index in [4.69, 9.17) is 0 Å². The van der Waals surface area contributed by atoms with Crippen molar-refractivity contribution in [3.05, 3.63) is 35.9 Å². The maximum absolute atomic E-state index is 13.1. The van der Waals surface area contributed by atoms with Gasteiger partial charge >= 0.3 is 6.09 Å². The van der Waals surface area contributed by atoms with Gasteiger partial charge in [-0.3, -0.25) is 9.69 Å². The van der Waals surface area contributed by atoms with Crippen LogP contribution in [0.3, 0.4) is 0 Å². The molecule has 0 radical (unpaired) electrons. The Morgan fingerprint density at radius 1 is 1.29 bits per heavy atom. The first kappa shape index (κ1) is 16.8. The van der Waals surface area contributed by atoms with E-state index in [-0.39, 0.29) is 18.0 Å². The Morgan fingerprint density at radius 2 is 1.88 bits per heavy atom. The van der Waals surface area contributed by atoms with E-state index in [1.165, 1.54) is 4.90 Å². The average molecular weight is 330 g/mol. The van der Waals surface area contributed by atoms with Crippen LogP contribution >= 0.6 is 0 Å². The maximum Gasteiger partial charge on any atom is 0.408 e. The second-order valence-electron chi connectivity index (χ2n) is 8.04. The second kappa shape index (κ2) is 5.50. The Labute approximate surface area is 143 Å². The zero-order valence-corrected chi connectivity index (χ0v) is 14.8. The van der Waals surface area contributed by atoms with Gasteiger partial charge in [-0.05, 0) is 46.1 Å². The molecule has 1 aromatic carbocycles. The summed E-state index contributed by atoms with van der Waals surface area (Å²) in [7, 11) is 0. The van der Waals surface area contributed by atoms with E-state index in [0.29, 0.717) is 6.54 Å². The van der Waals surface area contributed by atoms with E-state index >= 15 is 0 Å². The van der Waals surface area contributed by atoms with Gasteiger partial charge in [-0.2, -0.15) is 0 Å². The zero-order valence-electron chi connectivity index (χ0n) is 14.8. The monoisotopic (exact) mass is 330 g/mol. The minimum Gasteiger partial charge on any atom is -0.465 e. The highest BCUT2D eigenvalue weighted by Gasteiger charge is 2.65. The van der Waals surface area contributed by atoms with Gasteiger partial charge in [0.2, 0.25) is 5.91 Å². The fourth-order valence-electron chi connectivity index (χ4n) is 4.02. The number of nitrogens with zero attached hydrogens (tertiary/aromatic N) is 2. The fraction of sp³-hybridized carbons (Fsp3) is 0.579. The number of amides is 2. The standard InChI is InChI=1S/C19H26N2O3/c1-13(14-8-6-5-7-9-14)20-12-15(19(10-11-19)16(20)22)21(17(23)24)18(2,3)4/h5-9,13,15H,10-12H2,1-4H3,(H,23,24)/t13-,15?/m1/s1. The van der Waals surface area contributed by atoms with E-state index < -0.39 is 17.0 Å². The topological polar surface area (TPSA) is 60.9 Å². The average Bonchev–Trinajstić information content (AvgIpc) is 3.25. The number of hydrogen-bond acceptors (Lipinski definition) is 2. The van der Waals surface area contributed by atoms with Crippen LogP contribution in [0.15, 0.2) is 30.3 Å². The molecule has 1 aliphatic carbocycles. The Morgan fingerprint density at radius 3 is 2.33 bits per heavy atom. The third-order valence-corrected chi connectivity index (χ3v) is 5.47. The van der Waals surface area contributed by atoms with Gasteiger partial charge in [0.25, 0.3) is 0 Å². The molecule has 5 nitrogen and oxygen atoms in total. The van der Waals surface area contributed by atoms with E-state index in [9.17, 15) is 14.7 Å². The zero-order chi connectivity index (χ0) is 17.7. The molecule has 2 fully saturated rings. The molecular formula is C19H26N2O3. The van der Waals surface area contributed by atoms with Crippen molar-refractivity contribution in [3.63, 3.8) is 0 Å². The van der Waals surface area contributed by atoms with Crippen molar-refractivity contribution >= 4 is 12.0 Å². The molecule has 3 rings (SSSR count). The highest BCUT2D eigenvalue weighted by molar-refractivity contribution is 5.90. The summed E-state index contributed by atoms with van der Waals surface area (Å²) in [4.78, 5) is 28.3. The lowest BCUT2D eigenvalue weighted by Crippen LogP contribution is -2.54. The molecule has 2 aliphatic rings. The Hall–Kier alpha value is -2.04. The molecule has 2 amide bonds. The number of benzene rings is 1. The van der Waals surface area contributed by atoms with Gasteiger partial charge in [-0.1, -0.05) is 30.3 Å². The van der Waals surface area contributed by atoms with Crippen LogP contribution in [0.2, 0.25) is 0 Å². The van der Waals surface area contributed by atoms with Crippen LogP contribution in [-0.4, -0.2) is 45.0 Å². The lowest BCUT2D eigenvalue weighted by Gasteiger charge is -2.40.